The smallest absolute Gasteiger partial charge is 0.161 e. The highest BCUT2D eigenvalue weighted by atomic mass is 35.5. The molecule has 0 atom stereocenters. The van der Waals surface area contributed by atoms with Gasteiger partial charge in [-0.2, -0.15) is 10.5 Å². The van der Waals surface area contributed by atoms with Crippen LogP contribution in [0.1, 0.15) is 29.2 Å². The van der Waals surface area contributed by atoms with Gasteiger partial charge in [-0.15, -0.1) is 0 Å². The van der Waals surface area contributed by atoms with Crippen molar-refractivity contribution in [1.82, 2.24) is 0 Å². The van der Waals surface area contributed by atoms with Crippen LogP contribution in [0.3, 0.4) is 0 Å². The van der Waals surface area contributed by atoms with Gasteiger partial charge in [0.15, 0.2) is 11.5 Å². The zero-order valence-electron chi connectivity index (χ0n) is 16.4. The molecule has 30 heavy (non-hydrogen) atoms. The Morgan fingerprint density at radius 2 is 1.77 bits per heavy atom. The molecule has 5 heteroatoms. The number of allylic oxidation sites excluding steroid dienone is 1. The maximum absolute atomic E-state index is 9.59. The summed E-state index contributed by atoms with van der Waals surface area (Å²) in [6, 6.07) is 24.3. The number of hydrogen-bond donors (Lipinski definition) is 0. The molecule has 0 N–H and O–H groups in total. The Morgan fingerprint density at radius 3 is 2.47 bits per heavy atom. The van der Waals surface area contributed by atoms with Gasteiger partial charge in [0.05, 0.1) is 29.9 Å². The number of ether oxygens (including phenoxy) is 2. The summed E-state index contributed by atoms with van der Waals surface area (Å²) >= 11 is 5.92. The molecule has 0 amide bonds. The normalized spacial score (nSPS) is 10.7. The first-order valence-electron chi connectivity index (χ1n) is 9.39. The maximum atomic E-state index is 9.59. The highest BCUT2D eigenvalue weighted by Gasteiger charge is 2.08. The molecule has 0 heterocycles. The minimum absolute atomic E-state index is 0.386. The third-order valence-electron chi connectivity index (χ3n) is 4.31. The monoisotopic (exact) mass is 414 g/mol. The van der Waals surface area contributed by atoms with E-state index in [0.29, 0.717) is 46.4 Å². The van der Waals surface area contributed by atoms with Crippen molar-refractivity contribution in [3.8, 4) is 23.6 Å². The van der Waals surface area contributed by atoms with E-state index in [1.54, 1.807) is 24.3 Å². The number of benzene rings is 3. The lowest BCUT2D eigenvalue weighted by Crippen LogP contribution is -2.00. The van der Waals surface area contributed by atoms with Crippen molar-refractivity contribution in [2.45, 2.75) is 13.5 Å². The number of nitriles is 2. The molecule has 0 saturated carbocycles. The minimum Gasteiger partial charge on any atom is -0.490 e. The molecule has 0 aliphatic heterocycles. The third kappa shape index (κ3) is 5.41. The van der Waals surface area contributed by atoms with Gasteiger partial charge in [0.2, 0.25) is 0 Å². The maximum Gasteiger partial charge on any atom is 0.161 e. The van der Waals surface area contributed by atoms with Crippen LogP contribution in [-0.2, 0) is 6.61 Å². The predicted octanol–water partition coefficient (Wildman–Crippen LogP) is 6.25. The highest BCUT2D eigenvalue weighted by molar-refractivity contribution is 6.30. The van der Waals surface area contributed by atoms with Crippen molar-refractivity contribution in [2.24, 2.45) is 0 Å². The van der Waals surface area contributed by atoms with Gasteiger partial charge in [0.25, 0.3) is 0 Å². The van der Waals surface area contributed by atoms with Gasteiger partial charge in [-0.1, -0.05) is 41.9 Å². The molecule has 0 unspecified atom stereocenters. The summed E-state index contributed by atoms with van der Waals surface area (Å²) in [7, 11) is 0. The number of rotatable bonds is 7. The van der Waals surface area contributed by atoms with E-state index in [4.69, 9.17) is 26.3 Å². The van der Waals surface area contributed by atoms with Crippen LogP contribution in [0.2, 0.25) is 5.02 Å². The standard InChI is InChI=1S/C25H19ClN2O2/c1-2-29-25-14-19(12-22(16-28)21-5-3-4-20(13-21)15-27)8-11-24(25)30-17-18-6-9-23(26)10-7-18/h3-14H,2,17H2,1H3. The lowest BCUT2D eigenvalue weighted by Gasteiger charge is -2.13. The molecule has 0 radical (unpaired) electrons. The van der Waals surface area contributed by atoms with Gasteiger partial charge in [0, 0.05) is 5.02 Å². The van der Waals surface area contributed by atoms with Crippen LogP contribution in [0.5, 0.6) is 11.5 Å². The van der Waals surface area contributed by atoms with E-state index in [-0.39, 0.29) is 0 Å². The van der Waals surface area contributed by atoms with Crippen molar-refractivity contribution in [3.05, 3.63) is 94.0 Å². The summed E-state index contributed by atoms with van der Waals surface area (Å²) in [4.78, 5) is 0. The zero-order chi connectivity index (χ0) is 21.3. The first-order chi connectivity index (χ1) is 14.6. The summed E-state index contributed by atoms with van der Waals surface area (Å²) in [6.07, 6.45) is 1.77. The van der Waals surface area contributed by atoms with Crippen LogP contribution in [0.15, 0.2) is 66.7 Å². The van der Waals surface area contributed by atoms with Crippen molar-refractivity contribution in [1.29, 1.82) is 10.5 Å². The lowest BCUT2D eigenvalue weighted by molar-refractivity contribution is 0.269. The van der Waals surface area contributed by atoms with Crippen LogP contribution in [0.25, 0.3) is 11.6 Å². The average molecular weight is 415 g/mol. The summed E-state index contributed by atoms with van der Waals surface area (Å²) in [5, 5.41) is 19.4. The second kappa shape index (κ2) is 10.2. The summed E-state index contributed by atoms with van der Waals surface area (Å²) in [6.45, 7) is 2.77. The van der Waals surface area contributed by atoms with Crippen molar-refractivity contribution < 1.29 is 9.47 Å². The number of hydrogen-bond acceptors (Lipinski definition) is 4. The van der Waals surface area contributed by atoms with Crippen LogP contribution < -0.4 is 9.47 Å². The topological polar surface area (TPSA) is 66.0 Å². The Balaban J connectivity index is 1.86. The quantitative estimate of drug-likeness (QED) is 0.338. The summed E-state index contributed by atoms with van der Waals surface area (Å²) in [5.74, 6) is 1.22. The van der Waals surface area contributed by atoms with E-state index in [0.717, 1.165) is 11.1 Å². The van der Waals surface area contributed by atoms with Crippen LogP contribution in [0, 0.1) is 22.7 Å². The third-order valence-corrected chi connectivity index (χ3v) is 4.56. The molecule has 0 bridgehead atoms. The fraction of sp³-hybridized carbons (Fsp3) is 0.120. The first kappa shape index (κ1) is 21.0. The van der Waals surface area contributed by atoms with Crippen LogP contribution in [0.4, 0.5) is 0 Å². The molecule has 3 rings (SSSR count). The molecule has 3 aromatic rings. The molecular formula is C25H19ClN2O2. The van der Waals surface area contributed by atoms with E-state index in [1.807, 2.05) is 55.5 Å². The van der Waals surface area contributed by atoms with Crippen LogP contribution >= 0.6 is 11.6 Å². The van der Waals surface area contributed by atoms with Gasteiger partial charge in [-0.3, -0.25) is 0 Å². The van der Waals surface area contributed by atoms with Crippen molar-refractivity contribution >= 4 is 23.3 Å². The van der Waals surface area contributed by atoms with Gasteiger partial charge >= 0.3 is 0 Å². The molecular weight excluding hydrogens is 396 g/mol. The molecule has 4 nitrogen and oxygen atoms in total. The molecule has 0 fully saturated rings. The number of nitrogens with zero attached hydrogens (tertiary/aromatic N) is 2. The molecule has 0 aliphatic carbocycles. The summed E-state index contributed by atoms with van der Waals surface area (Å²) < 4.78 is 11.7. The Kier molecular flexibility index (Phi) is 7.11. The van der Waals surface area contributed by atoms with E-state index in [2.05, 4.69) is 12.1 Å². The summed E-state index contributed by atoms with van der Waals surface area (Å²) in [5.41, 5.74) is 3.46. The first-order valence-corrected chi connectivity index (χ1v) is 9.77. The zero-order valence-corrected chi connectivity index (χ0v) is 17.2. The molecule has 148 valence electrons. The Morgan fingerprint density at radius 1 is 0.967 bits per heavy atom. The molecule has 0 aromatic heterocycles. The second-order valence-electron chi connectivity index (χ2n) is 6.42. The van der Waals surface area contributed by atoms with E-state index < -0.39 is 0 Å². The van der Waals surface area contributed by atoms with Crippen molar-refractivity contribution in [2.75, 3.05) is 6.61 Å². The SMILES string of the molecule is CCOc1cc(C=C(C#N)c2cccc(C#N)c2)ccc1OCc1ccc(Cl)cc1. The highest BCUT2D eigenvalue weighted by Crippen LogP contribution is 2.31. The molecule has 0 aliphatic rings. The second-order valence-corrected chi connectivity index (χ2v) is 6.85. The Labute approximate surface area is 181 Å². The molecule has 0 saturated heterocycles. The molecule has 3 aromatic carbocycles. The fourth-order valence-electron chi connectivity index (χ4n) is 2.85. The largest absolute Gasteiger partial charge is 0.490 e. The Bertz CT molecular complexity index is 1140. The average Bonchev–Trinajstić information content (AvgIpc) is 2.78. The lowest BCUT2D eigenvalue weighted by atomic mass is 10.0. The minimum atomic E-state index is 0.386. The fourth-order valence-corrected chi connectivity index (χ4v) is 2.97. The van der Waals surface area contributed by atoms with E-state index >= 15 is 0 Å². The van der Waals surface area contributed by atoms with E-state index in [9.17, 15) is 5.26 Å². The Hall–Kier alpha value is -3.73. The van der Waals surface area contributed by atoms with Gasteiger partial charge in [-0.25, -0.2) is 0 Å². The van der Waals surface area contributed by atoms with Gasteiger partial charge < -0.3 is 9.47 Å². The number of halogens is 1. The molecule has 0 spiro atoms. The van der Waals surface area contributed by atoms with E-state index in [1.165, 1.54) is 0 Å². The predicted molar refractivity (Wildman–Crippen MR) is 118 cm³/mol. The van der Waals surface area contributed by atoms with Gasteiger partial charge in [0.1, 0.15) is 6.61 Å². The van der Waals surface area contributed by atoms with Crippen molar-refractivity contribution in [3.63, 3.8) is 0 Å². The van der Waals surface area contributed by atoms with Gasteiger partial charge in [-0.05, 0) is 66.1 Å². The van der Waals surface area contributed by atoms with Crippen LogP contribution in [-0.4, -0.2) is 6.61 Å².